The number of hydrogen-bond acceptors (Lipinski definition) is 5. The van der Waals surface area contributed by atoms with Crippen molar-refractivity contribution in [3.05, 3.63) is 59.0 Å². The number of nitrogens with zero attached hydrogens (tertiary/aromatic N) is 3. The minimum Gasteiger partial charge on any atom is -0.325 e. The number of rotatable bonds is 2. The first-order valence-corrected chi connectivity index (χ1v) is 8.79. The maximum atomic E-state index is 13.1. The topological polar surface area (TPSA) is 79.8 Å². The van der Waals surface area contributed by atoms with Crippen LogP contribution in [0.15, 0.2) is 36.7 Å². The molecule has 148 valence electrons. The Labute approximate surface area is 164 Å². The smallest absolute Gasteiger partial charge is 0.325 e. The molecule has 0 spiro atoms. The van der Waals surface area contributed by atoms with Gasteiger partial charge < -0.3 is 10.6 Å². The molecule has 2 aromatic heterocycles. The number of hydrogen-bond donors (Lipinski definition) is 2. The third-order valence-corrected chi connectivity index (χ3v) is 4.68. The van der Waals surface area contributed by atoms with E-state index in [4.69, 9.17) is 0 Å². The van der Waals surface area contributed by atoms with Crippen molar-refractivity contribution in [1.82, 2.24) is 15.0 Å². The Morgan fingerprint density at radius 1 is 1.14 bits per heavy atom. The van der Waals surface area contributed by atoms with Crippen molar-refractivity contribution < 1.29 is 18.0 Å². The van der Waals surface area contributed by atoms with E-state index in [0.717, 1.165) is 29.1 Å². The molecular formula is C20H16F3N5O. The van der Waals surface area contributed by atoms with Crippen molar-refractivity contribution in [3.63, 3.8) is 0 Å². The van der Waals surface area contributed by atoms with E-state index >= 15 is 0 Å². The number of pyridine rings is 1. The van der Waals surface area contributed by atoms with Crippen LogP contribution in [-0.2, 0) is 17.4 Å². The monoisotopic (exact) mass is 399 g/mol. The summed E-state index contributed by atoms with van der Waals surface area (Å²) >= 11 is 0. The molecule has 0 aliphatic carbocycles. The van der Waals surface area contributed by atoms with Crippen LogP contribution >= 0.6 is 0 Å². The summed E-state index contributed by atoms with van der Waals surface area (Å²) in [6.07, 6.45) is -1.34. The van der Waals surface area contributed by atoms with Crippen LogP contribution in [0.1, 0.15) is 22.4 Å². The normalized spacial score (nSPS) is 13.2. The molecule has 9 heteroatoms. The molecule has 2 N–H and O–H groups in total. The van der Waals surface area contributed by atoms with E-state index in [-0.39, 0.29) is 18.1 Å². The summed E-state index contributed by atoms with van der Waals surface area (Å²) in [7, 11) is 0. The lowest BCUT2D eigenvalue weighted by Gasteiger charge is -2.14. The fourth-order valence-electron chi connectivity index (χ4n) is 3.22. The highest BCUT2D eigenvalue weighted by Gasteiger charge is 2.32. The summed E-state index contributed by atoms with van der Waals surface area (Å²) < 4.78 is 39.2. The van der Waals surface area contributed by atoms with Gasteiger partial charge in [0.2, 0.25) is 11.9 Å². The number of amides is 1. The molecule has 0 saturated carbocycles. The summed E-state index contributed by atoms with van der Waals surface area (Å²) in [5, 5.41) is 5.65. The zero-order chi connectivity index (χ0) is 20.8. The number of aryl methyl sites for hydroxylation is 2. The fourth-order valence-corrected chi connectivity index (χ4v) is 3.22. The Morgan fingerprint density at radius 3 is 2.66 bits per heavy atom. The van der Waals surface area contributed by atoms with E-state index in [9.17, 15) is 18.0 Å². The molecular weight excluding hydrogens is 383 g/mol. The number of anilines is 3. The van der Waals surface area contributed by atoms with Gasteiger partial charge in [0.25, 0.3) is 0 Å². The maximum absolute atomic E-state index is 13.1. The van der Waals surface area contributed by atoms with Gasteiger partial charge in [-0.05, 0) is 37.6 Å². The molecule has 29 heavy (non-hydrogen) atoms. The van der Waals surface area contributed by atoms with Gasteiger partial charge in [-0.15, -0.1) is 0 Å². The second-order valence-electron chi connectivity index (χ2n) is 6.76. The van der Waals surface area contributed by atoms with E-state index in [1.807, 2.05) is 19.9 Å². The number of nitrogens with one attached hydrogen (secondary N) is 2. The van der Waals surface area contributed by atoms with Gasteiger partial charge in [-0.25, -0.2) is 9.97 Å². The highest BCUT2D eigenvalue weighted by molar-refractivity contribution is 6.00. The molecule has 0 radical (unpaired) electrons. The average Bonchev–Trinajstić information content (AvgIpc) is 2.78. The quantitative estimate of drug-likeness (QED) is 0.667. The van der Waals surface area contributed by atoms with Crippen molar-refractivity contribution in [2.45, 2.75) is 26.4 Å². The maximum Gasteiger partial charge on any atom is 0.416 e. The lowest BCUT2D eigenvalue weighted by atomic mass is 10.0. The van der Waals surface area contributed by atoms with Gasteiger partial charge >= 0.3 is 6.18 Å². The molecule has 0 atom stereocenters. The van der Waals surface area contributed by atoms with Crippen LogP contribution in [0.25, 0.3) is 11.3 Å². The molecule has 1 aliphatic heterocycles. The molecule has 1 aliphatic rings. The first-order chi connectivity index (χ1) is 13.7. The van der Waals surface area contributed by atoms with E-state index in [2.05, 4.69) is 25.6 Å². The molecule has 0 saturated heterocycles. The highest BCUT2D eigenvalue weighted by Crippen LogP contribution is 2.38. The zero-order valence-electron chi connectivity index (χ0n) is 15.6. The van der Waals surface area contributed by atoms with Crippen LogP contribution in [0.5, 0.6) is 0 Å². The van der Waals surface area contributed by atoms with Gasteiger partial charge in [0.1, 0.15) is 0 Å². The molecule has 1 aromatic carbocycles. The van der Waals surface area contributed by atoms with Gasteiger partial charge in [0.15, 0.2) is 0 Å². The third kappa shape index (κ3) is 3.63. The van der Waals surface area contributed by atoms with Crippen molar-refractivity contribution in [3.8, 4) is 11.3 Å². The minimum atomic E-state index is -4.51. The van der Waals surface area contributed by atoms with Crippen molar-refractivity contribution in [2.24, 2.45) is 0 Å². The SMILES string of the molecule is Cc1ccnc(C)c1Nc1ncc2c(n1)-c1ccc(C(F)(F)F)cc1NC(=O)C2. The van der Waals surface area contributed by atoms with Crippen molar-refractivity contribution in [1.29, 1.82) is 0 Å². The predicted octanol–water partition coefficient (Wildman–Crippen LogP) is 4.41. The Bertz CT molecular complexity index is 1110. The Kier molecular flexibility index (Phi) is 4.45. The van der Waals surface area contributed by atoms with E-state index in [0.29, 0.717) is 16.8 Å². The highest BCUT2D eigenvalue weighted by atomic mass is 19.4. The summed E-state index contributed by atoms with van der Waals surface area (Å²) in [6.45, 7) is 3.76. The van der Waals surface area contributed by atoms with Gasteiger partial charge in [-0.1, -0.05) is 6.07 Å². The number of aromatic nitrogens is 3. The Morgan fingerprint density at radius 2 is 1.93 bits per heavy atom. The molecule has 3 aromatic rings. The van der Waals surface area contributed by atoms with Gasteiger partial charge in [-0.2, -0.15) is 13.2 Å². The standard InChI is InChI=1S/C20H16F3N5O/c1-10-5-6-24-11(2)17(10)27-19-25-9-12-7-16(29)26-15-8-13(20(21,22)23)3-4-14(15)18(12)28-19/h3-6,8-9H,7H2,1-2H3,(H,26,29)(H,25,27,28). The number of alkyl halides is 3. The third-order valence-electron chi connectivity index (χ3n) is 4.68. The molecule has 1 amide bonds. The predicted molar refractivity (Wildman–Crippen MR) is 102 cm³/mol. The number of fused-ring (bicyclic) bond motifs is 3. The molecule has 3 heterocycles. The Balaban J connectivity index is 1.81. The van der Waals surface area contributed by atoms with E-state index in [1.165, 1.54) is 12.3 Å². The minimum absolute atomic E-state index is 0.0312. The van der Waals surface area contributed by atoms with Crippen LogP contribution in [0, 0.1) is 13.8 Å². The lowest BCUT2D eigenvalue weighted by molar-refractivity contribution is -0.137. The zero-order valence-corrected chi connectivity index (χ0v) is 15.6. The fraction of sp³-hybridized carbons (Fsp3) is 0.200. The van der Waals surface area contributed by atoms with Crippen LogP contribution in [0.4, 0.5) is 30.5 Å². The van der Waals surface area contributed by atoms with Gasteiger partial charge in [-0.3, -0.25) is 9.78 Å². The summed E-state index contributed by atoms with van der Waals surface area (Å²) in [5.41, 5.74) is 3.04. The number of benzene rings is 1. The molecule has 0 fully saturated rings. The average molecular weight is 399 g/mol. The lowest BCUT2D eigenvalue weighted by Crippen LogP contribution is -2.13. The second-order valence-corrected chi connectivity index (χ2v) is 6.76. The Hall–Kier alpha value is -3.49. The first-order valence-electron chi connectivity index (χ1n) is 8.79. The van der Waals surface area contributed by atoms with Gasteiger partial charge in [0.05, 0.1) is 34.7 Å². The van der Waals surface area contributed by atoms with Crippen molar-refractivity contribution >= 4 is 23.2 Å². The summed E-state index contributed by atoms with van der Waals surface area (Å²) in [4.78, 5) is 25.2. The van der Waals surface area contributed by atoms with E-state index < -0.39 is 17.6 Å². The summed E-state index contributed by atoms with van der Waals surface area (Å²) in [6, 6.07) is 5.06. The van der Waals surface area contributed by atoms with Crippen LogP contribution in [0.3, 0.4) is 0 Å². The van der Waals surface area contributed by atoms with E-state index in [1.54, 1.807) is 6.20 Å². The number of carbonyl (C=O) groups excluding carboxylic acids is 1. The largest absolute Gasteiger partial charge is 0.416 e. The first kappa shape index (κ1) is 18.9. The number of carbonyl (C=O) groups is 1. The van der Waals surface area contributed by atoms with Gasteiger partial charge in [0, 0.05) is 23.5 Å². The number of halogens is 3. The van der Waals surface area contributed by atoms with Crippen LogP contribution in [-0.4, -0.2) is 20.9 Å². The molecule has 4 rings (SSSR count). The van der Waals surface area contributed by atoms with Crippen LogP contribution in [0.2, 0.25) is 0 Å². The summed E-state index contributed by atoms with van der Waals surface area (Å²) in [5.74, 6) is -0.157. The van der Waals surface area contributed by atoms with Crippen molar-refractivity contribution in [2.75, 3.05) is 10.6 Å². The molecule has 6 nitrogen and oxygen atoms in total. The van der Waals surface area contributed by atoms with Crippen LogP contribution < -0.4 is 10.6 Å². The second kappa shape index (κ2) is 6.84. The molecule has 0 bridgehead atoms. The molecule has 0 unspecified atom stereocenters.